The molecule has 0 saturated carbocycles. The molecule has 0 bridgehead atoms. The van der Waals surface area contributed by atoms with Crippen LogP contribution in [0.1, 0.15) is 5.56 Å². The summed E-state index contributed by atoms with van der Waals surface area (Å²) < 4.78 is 0. The second-order valence-electron chi connectivity index (χ2n) is 3.83. The molecule has 0 aliphatic rings. The number of carboxylic acids is 1. The zero-order valence-electron chi connectivity index (χ0n) is 9.53. The standard InChI is InChI=1S/C13H8Cl3NO2/c14-8-5-9(15)12(10(16)6-8)13-7(4-11(18)19)2-1-3-17-13/h1-3,5-6H,4H2,(H,18,19). The van der Waals surface area contributed by atoms with E-state index in [1.54, 1.807) is 30.5 Å². The number of halogens is 3. The lowest BCUT2D eigenvalue weighted by Gasteiger charge is -2.10. The number of nitrogens with zero attached hydrogens (tertiary/aromatic N) is 1. The fourth-order valence-corrected chi connectivity index (χ4v) is 2.73. The average Bonchev–Trinajstić information content (AvgIpc) is 2.29. The maximum Gasteiger partial charge on any atom is 0.307 e. The van der Waals surface area contributed by atoms with E-state index in [2.05, 4.69) is 4.98 Å². The number of aromatic nitrogens is 1. The molecular formula is C13H8Cl3NO2. The van der Waals surface area contributed by atoms with Gasteiger partial charge >= 0.3 is 5.97 Å². The number of hydrogen-bond donors (Lipinski definition) is 1. The Morgan fingerprint density at radius 3 is 2.42 bits per heavy atom. The lowest BCUT2D eigenvalue weighted by atomic mass is 10.0. The molecule has 0 fully saturated rings. The lowest BCUT2D eigenvalue weighted by Crippen LogP contribution is -2.03. The topological polar surface area (TPSA) is 50.2 Å². The van der Waals surface area contributed by atoms with Crippen LogP contribution < -0.4 is 0 Å². The van der Waals surface area contributed by atoms with Gasteiger partial charge in [-0.05, 0) is 23.8 Å². The summed E-state index contributed by atoms with van der Waals surface area (Å²) in [6, 6.07) is 6.43. The molecule has 0 amide bonds. The van der Waals surface area contributed by atoms with Gasteiger partial charge in [-0.1, -0.05) is 40.9 Å². The van der Waals surface area contributed by atoms with Gasteiger partial charge in [0.05, 0.1) is 22.2 Å². The Morgan fingerprint density at radius 2 is 1.84 bits per heavy atom. The van der Waals surface area contributed by atoms with Crippen molar-refractivity contribution >= 4 is 40.8 Å². The molecular weight excluding hydrogens is 309 g/mol. The smallest absolute Gasteiger partial charge is 0.307 e. The van der Waals surface area contributed by atoms with Gasteiger partial charge in [0.25, 0.3) is 0 Å². The van der Waals surface area contributed by atoms with E-state index in [-0.39, 0.29) is 6.42 Å². The molecule has 6 heteroatoms. The van der Waals surface area contributed by atoms with Gasteiger partial charge in [-0.3, -0.25) is 9.78 Å². The lowest BCUT2D eigenvalue weighted by molar-refractivity contribution is -0.136. The monoisotopic (exact) mass is 315 g/mol. The van der Waals surface area contributed by atoms with Crippen molar-refractivity contribution in [2.24, 2.45) is 0 Å². The molecule has 1 aromatic heterocycles. The van der Waals surface area contributed by atoms with Crippen LogP contribution in [0.3, 0.4) is 0 Å². The van der Waals surface area contributed by atoms with E-state index >= 15 is 0 Å². The molecule has 2 aromatic rings. The third kappa shape index (κ3) is 3.18. The number of carbonyl (C=O) groups is 1. The molecule has 0 radical (unpaired) electrons. The first-order valence-electron chi connectivity index (χ1n) is 5.29. The van der Waals surface area contributed by atoms with Gasteiger partial charge in [-0.2, -0.15) is 0 Å². The minimum Gasteiger partial charge on any atom is -0.481 e. The summed E-state index contributed by atoms with van der Waals surface area (Å²) in [6.07, 6.45) is 1.40. The third-order valence-corrected chi connectivity index (χ3v) is 3.29. The second kappa shape index (κ2) is 5.78. The predicted octanol–water partition coefficient (Wildman–Crippen LogP) is 4.34. The molecule has 1 N–H and O–H groups in total. The highest BCUT2D eigenvalue weighted by Crippen LogP contribution is 2.37. The number of rotatable bonds is 3. The quantitative estimate of drug-likeness (QED) is 0.916. The summed E-state index contributed by atoms with van der Waals surface area (Å²) in [5.41, 5.74) is 1.49. The first-order chi connectivity index (χ1) is 8.99. The molecule has 0 aliphatic carbocycles. The molecule has 0 unspecified atom stereocenters. The molecule has 0 saturated heterocycles. The zero-order valence-corrected chi connectivity index (χ0v) is 11.8. The van der Waals surface area contributed by atoms with Gasteiger partial charge in [0, 0.05) is 16.8 Å². The van der Waals surface area contributed by atoms with Crippen molar-refractivity contribution < 1.29 is 9.90 Å². The van der Waals surface area contributed by atoms with Crippen LogP contribution in [0.25, 0.3) is 11.3 Å². The molecule has 0 spiro atoms. The van der Waals surface area contributed by atoms with Crippen LogP contribution in [0.2, 0.25) is 15.1 Å². The number of benzene rings is 1. The van der Waals surface area contributed by atoms with Gasteiger partial charge in [0.15, 0.2) is 0 Å². The molecule has 1 aromatic carbocycles. The first kappa shape index (κ1) is 14.1. The summed E-state index contributed by atoms with van der Waals surface area (Å²) in [6.45, 7) is 0. The SMILES string of the molecule is O=C(O)Cc1cccnc1-c1c(Cl)cc(Cl)cc1Cl. The summed E-state index contributed by atoms with van der Waals surface area (Å²) >= 11 is 18.1. The fraction of sp³-hybridized carbons (Fsp3) is 0.0769. The molecule has 3 nitrogen and oxygen atoms in total. The predicted molar refractivity (Wildman–Crippen MR) is 76.0 cm³/mol. The van der Waals surface area contributed by atoms with Crippen LogP contribution in [-0.2, 0) is 11.2 Å². The van der Waals surface area contributed by atoms with Crippen LogP contribution in [-0.4, -0.2) is 16.1 Å². The fourth-order valence-electron chi connectivity index (χ4n) is 1.74. The van der Waals surface area contributed by atoms with Gasteiger partial charge in [-0.25, -0.2) is 0 Å². The number of aliphatic carboxylic acids is 1. The van der Waals surface area contributed by atoms with Crippen LogP contribution in [0.5, 0.6) is 0 Å². The minimum absolute atomic E-state index is 0.154. The summed E-state index contributed by atoms with van der Waals surface area (Å²) in [4.78, 5) is 15.0. The third-order valence-electron chi connectivity index (χ3n) is 2.48. The van der Waals surface area contributed by atoms with E-state index in [1.807, 2.05) is 0 Å². The van der Waals surface area contributed by atoms with E-state index in [1.165, 1.54) is 0 Å². The highest BCUT2D eigenvalue weighted by molar-refractivity contribution is 6.41. The Bertz CT molecular complexity index is 621. The van der Waals surface area contributed by atoms with E-state index in [9.17, 15) is 4.79 Å². The number of carboxylic acid groups (broad SMARTS) is 1. The molecule has 2 rings (SSSR count). The van der Waals surface area contributed by atoms with Gasteiger partial charge in [-0.15, -0.1) is 0 Å². The zero-order chi connectivity index (χ0) is 14.0. The summed E-state index contributed by atoms with van der Waals surface area (Å²) in [5.74, 6) is -0.949. The van der Waals surface area contributed by atoms with E-state index < -0.39 is 5.97 Å². The van der Waals surface area contributed by atoms with E-state index in [0.717, 1.165) is 0 Å². The minimum atomic E-state index is -0.949. The Labute approximate surface area is 124 Å². The molecule has 19 heavy (non-hydrogen) atoms. The number of pyridine rings is 1. The van der Waals surface area contributed by atoms with Crippen LogP contribution in [0, 0.1) is 0 Å². The summed E-state index contributed by atoms with van der Waals surface area (Å²) in [7, 11) is 0. The Kier molecular flexibility index (Phi) is 4.30. The van der Waals surface area contributed by atoms with Crippen molar-refractivity contribution in [2.75, 3.05) is 0 Å². The van der Waals surface area contributed by atoms with Gasteiger partial charge in [0.1, 0.15) is 0 Å². The summed E-state index contributed by atoms with van der Waals surface area (Å²) in [5, 5.41) is 9.99. The normalized spacial score (nSPS) is 10.5. The first-order valence-corrected chi connectivity index (χ1v) is 6.43. The van der Waals surface area contributed by atoms with Gasteiger partial charge < -0.3 is 5.11 Å². The van der Waals surface area contributed by atoms with E-state index in [0.29, 0.717) is 31.9 Å². The van der Waals surface area contributed by atoms with Crippen molar-refractivity contribution in [3.63, 3.8) is 0 Å². The maximum atomic E-state index is 10.9. The van der Waals surface area contributed by atoms with E-state index in [4.69, 9.17) is 39.9 Å². The van der Waals surface area contributed by atoms with Crippen molar-refractivity contribution in [3.8, 4) is 11.3 Å². The Hall–Kier alpha value is -1.29. The molecule has 98 valence electrons. The Morgan fingerprint density at radius 1 is 1.21 bits per heavy atom. The van der Waals surface area contributed by atoms with Crippen LogP contribution in [0.15, 0.2) is 30.5 Å². The Balaban J connectivity index is 2.62. The van der Waals surface area contributed by atoms with Crippen molar-refractivity contribution in [2.45, 2.75) is 6.42 Å². The second-order valence-corrected chi connectivity index (χ2v) is 5.08. The molecule has 0 aliphatic heterocycles. The molecule has 1 heterocycles. The number of hydrogen-bond acceptors (Lipinski definition) is 2. The van der Waals surface area contributed by atoms with Crippen LogP contribution in [0.4, 0.5) is 0 Å². The average molecular weight is 317 g/mol. The largest absolute Gasteiger partial charge is 0.481 e. The van der Waals surface area contributed by atoms with Crippen molar-refractivity contribution in [1.29, 1.82) is 0 Å². The van der Waals surface area contributed by atoms with Crippen LogP contribution >= 0.6 is 34.8 Å². The highest BCUT2D eigenvalue weighted by atomic mass is 35.5. The van der Waals surface area contributed by atoms with Crippen molar-refractivity contribution in [1.82, 2.24) is 4.98 Å². The molecule has 0 atom stereocenters. The van der Waals surface area contributed by atoms with Crippen molar-refractivity contribution in [3.05, 3.63) is 51.1 Å². The maximum absolute atomic E-state index is 10.9. The highest BCUT2D eigenvalue weighted by Gasteiger charge is 2.16. The van der Waals surface area contributed by atoms with Gasteiger partial charge in [0.2, 0.25) is 0 Å².